The van der Waals surface area contributed by atoms with Gasteiger partial charge < -0.3 is 4.90 Å². The SMILES string of the molecule is Fc1cc(F)c(N2CCN(Cc3cnc(Br)cn3)CC2)nc1F. The number of hydrogen-bond donors (Lipinski definition) is 0. The number of halogens is 4. The summed E-state index contributed by atoms with van der Waals surface area (Å²) in [6.45, 7) is 2.84. The molecular formula is C14H13BrF3N5. The highest BCUT2D eigenvalue weighted by molar-refractivity contribution is 9.10. The number of pyridine rings is 1. The number of nitrogens with zero attached hydrogens (tertiary/aromatic N) is 5. The molecule has 9 heteroatoms. The average molecular weight is 388 g/mol. The lowest BCUT2D eigenvalue weighted by Gasteiger charge is -2.35. The maximum atomic E-state index is 13.7. The van der Waals surface area contributed by atoms with Gasteiger partial charge in [-0.1, -0.05) is 0 Å². The zero-order valence-corrected chi connectivity index (χ0v) is 13.6. The van der Waals surface area contributed by atoms with Crippen molar-refractivity contribution in [2.45, 2.75) is 6.54 Å². The number of rotatable bonds is 3. The van der Waals surface area contributed by atoms with E-state index in [9.17, 15) is 13.2 Å². The van der Waals surface area contributed by atoms with E-state index in [0.717, 1.165) is 5.69 Å². The van der Waals surface area contributed by atoms with Crippen molar-refractivity contribution in [3.63, 3.8) is 0 Å². The monoisotopic (exact) mass is 387 g/mol. The zero-order valence-electron chi connectivity index (χ0n) is 12.0. The van der Waals surface area contributed by atoms with Crippen molar-refractivity contribution in [1.29, 1.82) is 0 Å². The van der Waals surface area contributed by atoms with Crippen LogP contribution in [0.4, 0.5) is 19.0 Å². The van der Waals surface area contributed by atoms with Crippen LogP contribution in [-0.4, -0.2) is 46.0 Å². The highest BCUT2D eigenvalue weighted by atomic mass is 79.9. The molecule has 2 aromatic heterocycles. The Balaban J connectivity index is 1.62. The summed E-state index contributed by atoms with van der Waals surface area (Å²) in [5, 5.41) is 0. The Kier molecular flexibility index (Phi) is 4.76. The fourth-order valence-electron chi connectivity index (χ4n) is 2.42. The molecule has 122 valence electrons. The molecule has 0 aliphatic carbocycles. The molecule has 0 saturated carbocycles. The molecule has 2 aromatic rings. The summed E-state index contributed by atoms with van der Waals surface area (Å²) in [6.07, 6.45) is 3.32. The number of anilines is 1. The molecule has 0 radical (unpaired) electrons. The number of piperazine rings is 1. The van der Waals surface area contributed by atoms with Crippen LogP contribution < -0.4 is 4.90 Å². The lowest BCUT2D eigenvalue weighted by atomic mass is 10.2. The smallest absolute Gasteiger partial charge is 0.251 e. The van der Waals surface area contributed by atoms with Crippen LogP contribution in [0, 0.1) is 17.6 Å². The Labute approximate surface area is 139 Å². The predicted molar refractivity (Wildman–Crippen MR) is 81.3 cm³/mol. The van der Waals surface area contributed by atoms with Gasteiger partial charge in [0.2, 0.25) is 0 Å². The molecule has 1 aliphatic rings. The lowest BCUT2D eigenvalue weighted by molar-refractivity contribution is 0.245. The summed E-state index contributed by atoms with van der Waals surface area (Å²) in [4.78, 5) is 15.5. The van der Waals surface area contributed by atoms with E-state index in [1.54, 1.807) is 17.3 Å². The normalized spacial score (nSPS) is 15.9. The van der Waals surface area contributed by atoms with Crippen LogP contribution in [0.5, 0.6) is 0 Å². The van der Waals surface area contributed by atoms with Gasteiger partial charge in [0.1, 0.15) is 4.60 Å². The molecule has 0 aromatic carbocycles. The van der Waals surface area contributed by atoms with Crippen molar-refractivity contribution in [2.24, 2.45) is 0 Å². The van der Waals surface area contributed by atoms with Gasteiger partial charge in [-0.25, -0.2) is 13.8 Å². The van der Waals surface area contributed by atoms with Crippen molar-refractivity contribution in [3.8, 4) is 0 Å². The molecule has 23 heavy (non-hydrogen) atoms. The summed E-state index contributed by atoms with van der Waals surface area (Å²) < 4.78 is 40.6. The molecule has 3 rings (SSSR count). The van der Waals surface area contributed by atoms with Crippen LogP contribution in [0.1, 0.15) is 5.69 Å². The molecule has 1 aliphatic heterocycles. The van der Waals surface area contributed by atoms with Gasteiger partial charge in [-0.2, -0.15) is 9.37 Å². The van der Waals surface area contributed by atoms with Gasteiger partial charge in [0.15, 0.2) is 17.5 Å². The van der Waals surface area contributed by atoms with Crippen LogP contribution in [0.15, 0.2) is 23.1 Å². The quantitative estimate of drug-likeness (QED) is 0.756. The third-order valence-corrected chi connectivity index (χ3v) is 4.01. The molecule has 0 unspecified atom stereocenters. The second kappa shape index (κ2) is 6.79. The van der Waals surface area contributed by atoms with Gasteiger partial charge in [0, 0.05) is 38.8 Å². The van der Waals surface area contributed by atoms with E-state index in [2.05, 4.69) is 35.8 Å². The van der Waals surface area contributed by atoms with Crippen LogP contribution in [0.25, 0.3) is 0 Å². The Morgan fingerprint density at radius 1 is 1.00 bits per heavy atom. The maximum absolute atomic E-state index is 13.7. The van der Waals surface area contributed by atoms with E-state index in [0.29, 0.717) is 43.4 Å². The standard InChI is InChI=1S/C14H13BrF3N5/c15-12-7-19-9(6-20-12)8-22-1-3-23(4-2-22)14-11(17)5-10(16)13(18)21-14/h5-7H,1-4,8H2. The van der Waals surface area contributed by atoms with Crippen LogP contribution in [0.2, 0.25) is 0 Å². The van der Waals surface area contributed by atoms with Gasteiger partial charge in [0.25, 0.3) is 5.95 Å². The molecule has 1 fully saturated rings. The van der Waals surface area contributed by atoms with Gasteiger partial charge in [-0.3, -0.25) is 9.88 Å². The minimum Gasteiger partial charge on any atom is -0.352 e. The third-order valence-electron chi connectivity index (χ3n) is 3.60. The Morgan fingerprint density at radius 3 is 2.39 bits per heavy atom. The largest absolute Gasteiger partial charge is 0.352 e. The van der Waals surface area contributed by atoms with Gasteiger partial charge in [-0.15, -0.1) is 0 Å². The first-order valence-electron chi connectivity index (χ1n) is 6.98. The molecule has 0 atom stereocenters. The van der Waals surface area contributed by atoms with Crippen molar-refractivity contribution in [3.05, 3.63) is 46.3 Å². The summed E-state index contributed by atoms with van der Waals surface area (Å²) in [5.74, 6) is -3.56. The number of hydrogen-bond acceptors (Lipinski definition) is 5. The predicted octanol–water partition coefficient (Wildman–Crippen LogP) is 2.37. The molecular weight excluding hydrogens is 375 g/mol. The maximum Gasteiger partial charge on any atom is 0.251 e. The van der Waals surface area contributed by atoms with Crippen molar-refractivity contribution in [1.82, 2.24) is 19.9 Å². The fraction of sp³-hybridized carbons (Fsp3) is 0.357. The van der Waals surface area contributed by atoms with E-state index in [-0.39, 0.29) is 5.82 Å². The first-order valence-corrected chi connectivity index (χ1v) is 7.77. The van der Waals surface area contributed by atoms with E-state index in [4.69, 9.17) is 0 Å². The van der Waals surface area contributed by atoms with Crippen molar-refractivity contribution >= 4 is 21.7 Å². The highest BCUT2D eigenvalue weighted by Crippen LogP contribution is 2.20. The Morgan fingerprint density at radius 2 is 1.74 bits per heavy atom. The Hall–Kier alpha value is -1.74. The lowest BCUT2D eigenvalue weighted by Crippen LogP contribution is -2.46. The van der Waals surface area contributed by atoms with Crippen LogP contribution in [0.3, 0.4) is 0 Å². The molecule has 3 heterocycles. The average Bonchev–Trinajstić information content (AvgIpc) is 2.54. The van der Waals surface area contributed by atoms with E-state index in [1.807, 2.05) is 0 Å². The molecule has 0 bridgehead atoms. The van der Waals surface area contributed by atoms with Crippen LogP contribution >= 0.6 is 15.9 Å². The summed E-state index contributed by atoms with van der Waals surface area (Å²) >= 11 is 3.23. The molecule has 5 nitrogen and oxygen atoms in total. The minimum atomic E-state index is -1.28. The topological polar surface area (TPSA) is 45.2 Å². The van der Waals surface area contributed by atoms with Crippen LogP contribution in [-0.2, 0) is 6.54 Å². The first kappa shape index (κ1) is 16.1. The summed E-state index contributed by atoms with van der Waals surface area (Å²) in [6, 6.07) is 0.529. The van der Waals surface area contributed by atoms with Gasteiger partial charge >= 0.3 is 0 Å². The zero-order chi connectivity index (χ0) is 16.4. The van der Waals surface area contributed by atoms with E-state index >= 15 is 0 Å². The second-order valence-electron chi connectivity index (χ2n) is 5.16. The van der Waals surface area contributed by atoms with Crippen molar-refractivity contribution < 1.29 is 13.2 Å². The van der Waals surface area contributed by atoms with Gasteiger partial charge in [-0.05, 0) is 15.9 Å². The van der Waals surface area contributed by atoms with Gasteiger partial charge in [0.05, 0.1) is 18.1 Å². The number of aromatic nitrogens is 3. The third kappa shape index (κ3) is 3.78. The Bertz CT molecular complexity index is 690. The molecule has 1 saturated heterocycles. The molecule has 0 spiro atoms. The first-order chi connectivity index (χ1) is 11.0. The molecule has 0 amide bonds. The summed E-state index contributed by atoms with van der Waals surface area (Å²) in [5.41, 5.74) is 0.832. The fourth-order valence-corrected chi connectivity index (χ4v) is 2.63. The highest BCUT2D eigenvalue weighted by Gasteiger charge is 2.22. The van der Waals surface area contributed by atoms with Crippen molar-refractivity contribution in [2.75, 3.05) is 31.1 Å². The minimum absolute atomic E-state index is 0.146. The summed E-state index contributed by atoms with van der Waals surface area (Å²) in [7, 11) is 0. The second-order valence-corrected chi connectivity index (χ2v) is 5.97. The van der Waals surface area contributed by atoms with E-state index < -0.39 is 17.6 Å². The molecule has 0 N–H and O–H groups in total. The van der Waals surface area contributed by atoms with E-state index in [1.165, 1.54) is 0 Å².